The zero-order chi connectivity index (χ0) is 22.3. The number of nitrogens with one attached hydrogen (secondary N) is 2. The highest BCUT2D eigenvalue weighted by atomic mass is 32.1. The molecule has 0 radical (unpaired) electrons. The molecule has 9 heteroatoms. The number of hydrogen-bond acceptors (Lipinski definition) is 6. The summed E-state index contributed by atoms with van der Waals surface area (Å²) in [6.45, 7) is 4.37. The minimum Gasteiger partial charge on any atom is -0.378 e. The quantitative estimate of drug-likeness (QED) is 0.697. The summed E-state index contributed by atoms with van der Waals surface area (Å²) in [5.74, 6) is 0.0404. The number of thiophene rings is 1. The standard InChI is InChI=1S/C23H28N4O4S/c28-21(16-26-9-7-17(8-10-26)23(30)27-11-13-31-14-12-27)24-18-3-5-19(6-4-18)25-22(29)20-2-1-15-32-20/h1-6,15,17H,7-14,16H2,(H,24,28)(H,25,29). The fourth-order valence-electron chi connectivity index (χ4n) is 4.02. The van der Waals surface area contributed by atoms with Gasteiger partial charge in [-0.3, -0.25) is 19.3 Å². The molecule has 0 bridgehead atoms. The van der Waals surface area contributed by atoms with E-state index in [1.54, 1.807) is 30.3 Å². The smallest absolute Gasteiger partial charge is 0.265 e. The zero-order valence-corrected chi connectivity index (χ0v) is 18.7. The van der Waals surface area contributed by atoms with Crippen LogP contribution in [0.4, 0.5) is 11.4 Å². The van der Waals surface area contributed by atoms with Crippen LogP contribution in [-0.2, 0) is 14.3 Å². The minimum atomic E-state index is -0.146. The lowest BCUT2D eigenvalue weighted by Crippen LogP contribution is -2.47. The molecule has 1 aromatic heterocycles. The van der Waals surface area contributed by atoms with Gasteiger partial charge in [0.15, 0.2) is 0 Å². The first-order valence-electron chi connectivity index (χ1n) is 10.9. The molecule has 2 aliphatic heterocycles. The summed E-state index contributed by atoms with van der Waals surface area (Å²) >= 11 is 1.39. The van der Waals surface area contributed by atoms with E-state index in [2.05, 4.69) is 15.5 Å². The third-order valence-corrected chi connectivity index (χ3v) is 6.67. The fourth-order valence-corrected chi connectivity index (χ4v) is 4.64. The number of likely N-dealkylation sites (tertiary alicyclic amines) is 1. The molecule has 3 amide bonds. The van der Waals surface area contributed by atoms with Gasteiger partial charge >= 0.3 is 0 Å². The van der Waals surface area contributed by atoms with Crippen LogP contribution in [0.5, 0.6) is 0 Å². The van der Waals surface area contributed by atoms with E-state index in [-0.39, 0.29) is 23.6 Å². The molecular weight excluding hydrogens is 428 g/mol. The largest absolute Gasteiger partial charge is 0.378 e. The summed E-state index contributed by atoms with van der Waals surface area (Å²) in [6.07, 6.45) is 1.56. The van der Waals surface area contributed by atoms with Gasteiger partial charge in [0, 0.05) is 30.4 Å². The highest BCUT2D eigenvalue weighted by molar-refractivity contribution is 7.12. The van der Waals surface area contributed by atoms with Gasteiger partial charge in [-0.05, 0) is 61.6 Å². The highest BCUT2D eigenvalue weighted by Crippen LogP contribution is 2.21. The molecule has 2 aliphatic rings. The van der Waals surface area contributed by atoms with E-state index in [4.69, 9.17) is 4.74 Å². The van der Waals surface area contributed by atoms with E-state index in [0.717, 1.165) is 25.9 Å². The first-order valence-corrected chi connectivity index (χ1v) is 11.8. The minimum absolute atomic E-state index is 0.0457. The first-order chi connectivity index (χ1) is 15.6. The normalized spacial score (nSPS) is 17.7. The molecule has 3 heterocycles. The maximum Gasteiger partial charge on any atom is 0.265 e. The molecule has 32 heavy (non-hydrogen) atoms. The van der Waals surface area contributed by atoms with Gasteiger partial charge < -0.3 is 20.3 Å². The van der Waals surface area contributed by atoms with Gasteiger partial charge in [0.2, 0.25) is 11.8 Å². The number of anilines is 2. The van der Waals surface area contributed by atoms with Gasteiger partial charge in [-0.2, -0.15) is 0 Å². The molecule has 2 saturated heterocycles. The second-order valence-electron chi connectivity index (χ2n) is 8.05. The Balaban J connectivity index is 1.19. The van der Waals surface area contributed by atoms with Gasteiger partial charge in [0.25, 0.3) is 5.91 Å². The SMILES string of the molecule is O=C(CN1CCC(C(=O)N2CCOCC2)CC1)Nc1ccc(NC(=O)c2cccs2)cc1. The number of morpholine rings is 1. The van der Waals surface area contributed by atoms with Crippen molar-refractivity contribution in [2.24, 2.45) is 5.92 Å². The van der Waals surface area contributed by atoms with Crippen molar-refractivity contribution >= 4 is 40.4 Å². The summed E-state index contributed by atoms with van der Waals surface area (Å²) in [4.78, 5) is 41.8. The Kier molecular flexibility index (Phi) is 7.51. The van der Waals surface area contributed by atoms with Crippen LogP contribution in [0.25, 0.3) is 0 Å². The predicted molar refractivity (Wildman–Crippen MR) is 124 cm³/mol. The number of piperidine rings is 1. The third kappa shape index (κ3) is 5.93. The number of ether oxygens (including phenoxy) is 1. The number of carbonyl (C=O) groups excluding carboxylic acids is 3. The Labute approximate surface area is 191 Å². The van der Waals surface area contributed by atoms with Crippen molar-refractivity contribution in [3.63, 3.8) is 0 Å². The summed E-state index contributed by atoms with van der Waals surface area (Å²) in [6, 6.07) is 10.7. The number of amides is 3. The van der Waals surface area contributed by atoms with Crippen molar-refractivity contribution in [3.05, 3.63) is 46.7 Å². The third-order valence-electron chi connectivity index (χ3n) is 5.80. The molecule has 8 nitrogen and oxygen atoms in total. The molecule has 2 N–H and O–H groups in total. The number of carbonyl (C=O) groups is 3. The molecule has 0 spiro atoms. The lowest BCUT2D eigenvalue weighted by molar-refractivity contribution is -0.141. The van der Waals surface area contributed by atoms with Crippen LogP contribution >= 0.6 is 11.3 Å². The average molecular weight is 457 g/mol. The van der Waals surface area contributed by atoms with Crippen LogP contribution in [0.2, 0.25) is 0 Å². The maximum absolute atomic E-state index is 12.6. The summed E-state index contributed by atoms with van der Waals surface area (Å²) in [7, 11) is 0. The molecule has 2 fully saturated rings. The van der Waals surface area contributed by atoms with Crippen LogP contribution in [0.1, 0.15) is 22.5 Å². The first kappa shape index (κ1) is 22.4. The molecule has 0 unspecified atom stereocenters. The Morgan fingerprint density at radius 1 is 0.938 bits per heavy atom. The Morgan fingerprint density at radius 3 is 2.22 bits per heavy atom. The lowest BCUT2D eigenvalue weighted by Gasteiger charge is -2.35. The van der Waals surface area contributed by atoms with Crippen molar-refractivity contribution in [2.75, 3.05) is 56.6 Å². The number of hydrogen-bond donors (Lipinski definition) is 2. The van der Waals surface area contributed by atoms with Gasteiger partial charge in [0.1, 0.15) is 0 Å². The second-order valence-corrected chi connectivity index (χ2v) is 8.99. The monoisotopic (exact) mass is 456 g/mol. The Morgan fingerprint density at radius 2 is 1.59 bits per heavy atom. The van der Waals surface area contributed by atoms with Gasteiger partial charge in [0.05, 0.1) is 24.6 Å². The predicted octanol–water partition coefficient (Wildman–Crippen LogP) is 2.51. The van der Waals surface area contributed by atoms with Crippen LogP contribution in [-0.4, -0.2) is 73.5 Å². The topological polar surface area (TPSA) is 91.0 Å². The van der Waals surface area contributed by atoms with E-state index >= 15 is 0 Å². The molecule has 2 aromatic rings. The molecule has 1 aromatic carbocycles. The molecular formula is C23H28N4O4S. The van der Waals surface area contributed by atoms with Crippen LogP contribution in [0, 0.1) is 5.92 Å². The van der Waals surface area contributed by atoms with E-state index in [1.807, 2.05) is 16.3 Å². The average Bonchev–Trinajstić information content (AvgIpc) is 3.36. The summed E-state index contributed by atoms with van der Waals surface area (Å²) < 4.78 is 5.32. The van der Waals surface area contributed by atoms with Crippen molar-refractivity contribution in [2.45, 2.75) is 12.8 Å². The maximum atomic E-state index is 12.6. The fraction of sp³-hybridized carbons (Fsp3) is 0.435. The number of benzene rings is 1. The summed E-state index contributed by atoms with van der Waals surface area (Å²) in [5, 5.41) is 7.60. The van der Waals surface area contributed by atoms with Crippen LogP contribution in [0.3, 0.4) is 0 Å². The molecule has 0 atom stereocenters. The number of nitrogens with zero attached hydrogens (tertiary/aromatic N) is 2. The zero-order valence-electron chi connectivity index (χ0n) is 17.9. The van der Waals surface area contributed by atoms with E-state index in [1.165, 1.54) is 11.3 Å². The van der Waals surface area contributed by atoms with Crippen molar-refractivity contribution in [1.82, 2.24) is 9.80 Å². The van der Waals surface area contributed by atoms with Crippen molar-refractivity contribution in [3.8, 4) is 0 Å². The molecule has 0 aliphatic carbocycles. The van der Waals surface area contributed by atoms with Crippen LogP contribution in [0.15, 0.2) is 41.8 Å². The van der Waals surface area contributed by atoms with Crippen molar-refractivity contribution in [1.29, 1.82) is 0 Å². The molecule has 4 rings (SSSR count). The second kappa shape index (κ2) is 10.7. The number of rotatable bonds is 6. The highest BCUT2D eigenvalue weighted by Gasteiger charge is 2.29. The molecule has 0 saturated carbocycles. The summed E-state index contributed by atoms with van der Waals surface area (Å²) in [5.41, 5.74) is 1.36. The van der Waals surface area contributed by atoms with Crippen LogP contribution < -0.4 is 10.6 Å². The lowest BCUT2D eigenvalue weighted by atomic mass is 9.95. The molecule has 170 valence electrons. The van der Waals surface area contributed by atoms with E-state index < -0.39 is 0 Å². The Hall–Kier alpha value is -2.75. The van der Waals surface area contributed by atoms with Gasteiger partial charge in [-0.15, -0.1) is 11.3 Å². The van der Waals surface area contributed by atoms with E-state index in [0.29, 0.717) is 49.1 Å². The Bertz CT molecular complexity index is 918. The van der Waals surface area contributed by atoms with Gasteiger partial charge in [-0.25, -0.2) is 0 Å². The van der Waals surface area contributed by atoms with E-state index in [9.17, 15) is 14.4 Å². The van der Waals surface area contributed by atoms with Crippen molar-refractivity contribution < 1.29 is 19.1 Å². The van der Waals surface area contributed by atoms with Gasteiger partial charge in [-0.1, -0.05) is 6.07 Å².